The molecule has 0 saturated carbocycles. The van der Waals surface area contributed by atoms with E-state index in [-0.39, 0.29) is 5.82 Å². The molecular weight excluding hydrogens is 243 g/mol. The smallest absolute Gasteiger partial charge is 0.149 e. The molecule has 1 aliphatic rings. The van der Waals surface area contributed by atoms with Crippen molar-refractivity contribution in [3.63, 3.8) is 0 Å². The summed E-state index contributed by atoms with van der Waals surface area (Å²) < 4.78 is 13.7. The molecule has 100 valence electrons. The van der Waals surface area contributed by atoms with Crippen molar-refractivity contribution in [2.75, 3.05) is 37.6 Å². The minimum absolute atomic E-state index is 0.284. The normalized spacial score (nSPS) is 17.1. The lowest BCUT2D eigenvalue weighted by molar-refractivity contribution is 0.271. The Kier molecular flexibility index (Phi) is 3.29. The van der Waals surface area contributed by atoms with Gasteiger partial charge in [0, 0.05) is 31.6 Å². The Hall–Kier alpha value is -1.75. The molecule has 2 heterocycles. The second-order valence-corrected chi connectivity index (χ2v) is 4.75. The van der Waals surface area contributed by atoms with E-state index in [4.69, 9.17) is 0 Å². The highest BCUT2D eigenvalue weighted by Gasteiger charge is 2.19. The van der Waals surface area contributed by atoms with E-state index < -0.39 is 0 Å². The molecule has 0 radical (unpaired) electrons. The number of nitrogens with zero attached hydrogens (tertiary/aromatic N) is 4. The van der Waals surface area contributed by atoms with Gasteiger partial charge in [-0.15, -0.1) is 0 Å². The predicted molar refractivity (Wildman–Crippen MR) is 73.8 cm³/mol. The Morgan fingerprint density at radius 1 is 1.16 bits per heavy atom. The first-order valence-electron chi connectivity index (χ1n) is 6.66. The summed E-state index contributed by atoms with van der Waals surface area (Å²) in [6, 6.07) is 5.04. The first-order valence-corrected chi connectivity index (χ1v) is 6.66. The lowest BCUT2D eigenvalue weighted by Crippen LogP contribution is -2.46. The zero-order chi connectivity index (χ0) is 13.2. The lowest BCUT2D eigenvalue weighted by Gasteiger charge is -2.35. The van der Waals surface area contributed by atoms with Crippen molar-refractivity contribution in [2.45, 2.75) is 6.92 Å². The SMILES string of the molecule is CCN1CCN(c2ncnc3c(F)cccc23)CC1. The van der Waals surface area contributed by atoms with E-state index in [1.165, 1.54) is 12.4 Å². The van der Waals surface area contributed by atoms with E-state index in [9.17, 15) is 4.39 Å². The van der Waals surface area contributed by atoms with Gasteiger partial charge in [0.15, 0.2) is 0 Å². The number of fused-ring (bicyclic) bond motifs is 1. The number of anilines is 1. The van der Waals surface area contributed by atoms with E-state index in [0.717, 1.165) is 43.9 Å². The van der Waals surface area contributed by atoms with Crippen molar-refractivity contribution < 1.29 is 4.39 Å². The summed E-state index contributed by atoms with van der Waals surface area (Å²) in [5.74, 6) is 0.564. The molecule has 0 atom stereocenters. The number of para-hydroxylation sites is 1. The average Bonchev–Trinajstić information content (AvgIpc) is 2.47. The Morgan fingerprint density at radius 2 is 1.95 bits per heavy atom. The largest absolute Gasteiger partial charge is 0.353 e. The highest BCUT2D eigenvalue weighted by Crippen LogP contribution is 2.25. The fourth-order valence-corrected chi connectivity index (χ4v) is 2.57. The Morgan fingerprint density at radius 3 is 2.68 bits per heavy atom. The molecule has 19 heavy (non-hydrogen) atoms. The molecule has 1 saturated heterocycles. The Bertz CT molecular complexity index is 579. The zero-order valence-electron chi connectivity index (χ0n) is 11.0. The molecule has 5 heteroatoms. The highest BCUT2D eigenvalue weighted by molar-refractivity contribution is 5.89. The molecule has 0 amide bonds. The molecule has 0 unspecified atom stereocenters. The van der Waals surface area contributed by atoms with Crippen molar-refractivity contribution in [2.24, 2.45) is 0 Å². The maximum atomic E-state index is 13.7. The summed E-state index contributed by atoms with van der Waals surface area (Å²) in [6.07, 6.45) is 1.45. The maximum absolute atomic E-state index is 13.7. The summed E-state index contributed by atoms with van der Waals surface area (Å²) >= 11 is 0. The molecular formula is C14H17FN4. The second kappa shape index (κ2) is 5.09. The third-order valence-electron chi connectivity index (χ3n) is 3.71. The zero-order valence-corrected chi connectivity index (χ0v) is 11.0. The lowest BCUT2D eigenvalue weighted by atomic mass is 10.2. The first kappa shape index (κ1) is 12.3. The highest BCUT2D eigenvalue weighted by atomic mass is 19.1. The van der Waals surface area contributed by atoms with E-state index in [0.29, 0.717) is 5.52 Å². The van der Waals surface area contributed by atoms with Gasteiger partial charge in [-0.05, 0) is 18.7 Å². The Labute approximate surface area is 111 Å². The quantitative estimate of drug-likeness (QED) is 0.825. The van der Waals surface area contributed by atoms with Crippen LogP contribution >= 0.6 is 0 Å². The molecule has 0 spiro atoms. The topological polar surface area (TPSA) is 32.3 Å². The van der Waals surface area contributed by atoms with Gasteiger partial charge in [-0.1, -0.05) is 13.0 Å². The number of piperazine rings is 1. The van der Waals surface area contributed by atoms with Crippen molar-refractivity contribution in [1.82, 2.24) is 14.9 Å². The molecule has 2 aromatic rings. The number of hydrogen-bond acceptors (Lipinski definition) is 4. The third-order valence-corrected chi connectivity index (χ3v) is 3.71. The van der Waals surface area contributed by atoms with Crippen LogP contribution in [-0.2, 0) is 0 Å². The molecule has 0 bridgehead atoms. The van der Waals surface area contributed by atoms with Crippen molar-refractivity contribution in [3.8, 4) is 0 Å². The van der Waals surface area contributed by atoms with Crippen LogP contribution in [-0.4, -0.2) is 47.6 Å². The van der Waals surface area contributed by atoms with Gasteiger partial charge in [0.25, 0.3) is 0 Å². The minimum Gasteiger partial charge on any atom is -0.353 e. The van der Waals surface area contributed by atoms with Crippen LogP contribution in [0.1, 0.15) is 6.92 Å². The predicted octanol–water partition coefficient (Wildman–Crippen LogP) is 1.91. The molecule has 1 aromatic heterocycles. The van der Waals surface area contributed by atoms with Crippen LogP contribution in [0.2, 0.25) is 0 Å². The van der Waals surface area contributed by atoms with Crippen molar-refractivity contribution in [1.29, 1.82) is 0 Å². The van der Waals surface area contributed by atoms with Crippen LogP contribution in [0.5, 0.6) is 0 Å². The third kappa shape index (κ3) is 2.26. The van der Waals surface area contributed by atoms with Gasteiger partial charge in [-0.25, -0.2) is 14.4 Å². The molecule has 1 aromatic carbocycles. The van der Waals surface area contributed by atoms with Gasteiger partial charge in [0.05, 0.1) is 0 Å². The van der Waals surface area contributed by atoms with Crippen LogP contribution in [0.15, 0.2) is 24.5 Å². The standard InChI is InChI=1S/C14H17FN4/c1-2-18-6-8-19(9-7-18)14-11-4-3-5-12(15)13(11)16-10-17-14/h3-5,10H,2,6-9H2,1H3. The number of hydrogen-bond donors (Lipinski definition) is 0. The fraction of sp³-hybridized carbons (Fsp3) is 0.429. The van der Waals surface area contributed by atoms with Crippen molar-refractivity contribution >= 4 is 16.7 Å². The summed E-state index contributed by atoms with van der Waals surface area (Å²) in [7, 11) is 0. The summed E-state index contributed by atoms with van der Waals surface area (Å²) in [5, 5.41) is 0.799. The van der Waals surface area contributed by atoms with Crippen molar-refractivity contribution in [3.05, 3.63) is 30.3 Å². The van der Waals surface area contributed by atoms with E-state index in [1.807, 2.05) is 6.07 Å². The van der Waals surface area contributed by atoms with Gasteiger partial charge in [0.2, 0.25) is 0 Å². The summed E-state index contributed by atoms with van der Waals surface area (Å²) in [4.78, 5) is 13.0. The minimum atomic E-state index is -0.284. The fourth-order valence-electron chi connectivity index (χ4n) is 2.57. The number of halogens is 1. The molecule has 3 rings (SSSR count). The van der Waals surface area contributed by atoms with E-state index in [1.54, 1.807) is 6.07 Å². The van der Waals surface area contributed by atoms with Crippen LogP contribution in [0.25, 0.3) is 10.9 Å². The van der Waals surface area contributed by atoms with Gasteiger partial charge >= 0.3 is 0 Å². The molecule has 1 aliphatic heterocycles. The molecule has 4 nitrogen and oxygen atoms in total. The van der Waals surface area contributed by atoms with Crippen LogP contribution < -0.4 is 4.90 Å². The van der Waals surface area contributed by atoms with E-state index >= 15 is 0 Å². The van der Waals surface area contributed by atoms with Gasteiger partial charge in [-0.2, -0.15) is 0 Å². The van der Waals surface area contributed by atoms with Crippen LogP contribution in [0.4, 0.5) is 10.2 Å². The molecule has 0 N–H and O–H groups in total. The summed E-state index contributed by atoms with van der Waals surface area (Å²) in [5.41, 5.74) is 0.408. The van der Waals surface area contributed by atoms with Gasteiger partial charge in [-0.3, -0.25) is 0 Å². The Balaban J connectivity index is 1.95. The van der Waals surface area contributed by atoms with E-state index in [2.05, 4.69) is 26.7 Å². The number of likely N-dealkylation sites (N-methyl/N-ethyl adjacent to an activating group) is 1. The van der Waals surface area contributed by atoms with Crippen LogP contribution in [0.3, 0.4) is 0 Å². The van der Waals surface area contributed by atoms with Crippen LogP contribution in [0, 0.1) is 5.82 Å². The van der Waals surface area contributed by atoms with Gasteiger partial charge < -0.3 is 9.80 Å². The first-order chi connectivity index (χ1) is 9.29. The monoisotopic (exact) mass is 260 g/mol. The second-order valence-electron chi connectivity index (χ2n) is 4.75. The average molecular weight is 260 g/mol. The molecule has 1 fully saturated rings. The molecule has 0 aliphatic carbocycles. The number of aromatic nitrogens is 2. The maximum Gasteiger partial charge on any atom is 0.149 e. The summed E-state index contributed by atoms with van der Waals surface area (Å²) in [6.45, 7) is 7.15. The van der Waals surface area contributed by atoms with Gasteiger partial charge in [0.1, 0.15) is 23.5 Å². The number of rotatable bonds is 2. The number of benzene rings is 1.